The molecule has 3 nitrogen and oxygen atoms in total. The van der Waals surface area contributed by atoms with Crippen LogP contribution in [0.2, 0.25) is 0 Å². The quantitative estimate of drug-likeness (QED) is 0.372. The van der Waals surface area contributed by atoms with Gasteiger partial charge in [-0.15, -0.1) is 17.0 Å². The van der Waals surface area contributed by atoms with Gasteiger partial charge >= 0.3 is 181 Å². The van der Waals surface area contributed by atoms with Gasteiger partial charge in [0.05, 0.1) is 0 Å². The maximum atomic E-state index is 12.3. The number of aromatic amines is 1. The Kier molecular flexibility index (Phi) is 5.85. The summed E-state index contributed by atoms with van der Waals surface area (Å²) in [4.78, 5) is 12.3. The van der Waals surface area contributed by atoms with Crippen LogP contribution in [0.25, 0.3) is 10.8 Å². The van der Waals surface area contributed by atoms with Crippen LogP contribution in [0.15, 0.2) is 120 Å². The molecule has 1 N–H and O–H groups in total. The van der Waals surface area contributed by atoms with Crippen LogP contribution in [0, 0.1) is 0 Å². The molecular formula is C27H24BrN2OP. The molecule has 0 radical (unpaired) electrons. The van der Waals surface area contributed by atoms with Gasteiger partial charge < -0.3 is 0 Å². The van der Waals surface area contributed by atoms with Crippen LogP contribution in [-0.2, 0) is 0 Å². The minimum atomic E-state index is -3.10. The molecule has 0 aliphatic heterocycles. The minimum absolute atomic E-state index is 0. The Morgan fingerprint density at radius 2 is 1.12 bits per heavy atom. The normalized spacial score (nSPS) is 12.5. The SMILES string of the molecule is Br.CP(c1ccccc1)(c1ccccc1)(c1ccccc1)c1ccc2c(=O)[nH]ncc2c1. The average molecular weight is 503 g/mol. The molecule has 0 atom stereocenters. The van der Waals surface area contributed by atoms with Gasteiger partial charge in [-0.2, -0.15) is 0 Å². The zero-order chi connectivity index (χ0) is 21.3. The number of aromatic nitrogens is 2. The summed E-state index contributed by atoms with van der Waals surface area (Å²) in [6, 6.07) is 38.5. The van der Waals surface area contributed by atoms with Crippen molar-refractivity contribution in [1.82, 2.24) is 10.2 Å². The predicted molar refractivity (Wildman–Crippen MR) is 143 cm³/mol. The van der Waals surface area contributed by atoms with E-state index in [1.54, 1.807) is 6.20 Å². The number of benzene rings is 4. The fourth-order valence-corrected chi connectivity index (χ4v) is 10.2. The van der Waals surface area contributed by atoms with Crippen LogP contribution >= 0.6 is 23.6 Å². The van der Waals surface area contributed by atoms with Crippen LogP contribution in [-0.4, -0.2) is 16.9 Å². The van der Waals surface area contributed by atoms with Gasteiger partial charge in [0, 0.05) is 0 Å². The second-order valence-corrected chi connectivity index (χ2v) is 13.2. The van der Waals surface area contributed by atoms with Crippen LogP contribution in [0.5, 0.6) is 0 Å². The number of halogens is 1. The van der Waals surface area contributed by atoms with E-state index in [-0.39, 0.29) is 22.5 Å². The van der Waals surface area contributed by atoms with Crippen molar-refractivity contribution in [3.8, 4) is 0 Å². The van der Waals surface area contributed by atoms with Crippen molar-refractivity contribution < 1.29 is 0 Å². The Morgan fingerprint density at radius 1 is 0.656 bits per heavy atom. The third-order valence-corrected chi connectivity index (χ3v) is 12.8. The number of fused-ring (bicyclic) bond motifs is 1. The summed E-state index contributed by atoms with van der Waals surface area (Å²) in [5, 5.41) is 13.1. The molecule has 0 fully saturated rings. The first-order valence-corrected chi connectivity index (χ1v) is 13.0. The number of H-pyrrole nitrogens is 1. The van der Waals surface area contributed by atoms with Gasteiger partial charge in [0.2, 0.25) is 0 Å². The molecule has 5 heteroatoms. The molecule has 0 spiro atoms. The van der Waals surface area contributed by atoms with E-state index in [0.717, 1.165) is 5.39 Å². The van der Waals surface area contributed by atoms with E-state index in [4.69, 9.17) is 0 Å². The van der Waals surface area contributed by atoms with Crippen molar-refractivity contribution in [2.75, 3.05) is 6.66 Å². The van der Waals surface area contributed by atoms with Gasteiger partial charge in [0.15, 0.2) is 0 Å². The van der Waals surface area contributed by atoms with Gasteiger partial charge in [-0.05, 0) is 0 Å². The van der Waals surface area contributed by atoms with Crippen molar-refractivity contribution in [3.05, 3.63) is 126 Å². The first-order chi connectivity index (χ1) is 15.1. The molecule has 0 saturated heterocycles. The molecule has 32 heavy (non-hydrogen) atoms. The van der Waals surface area contributed by atoms with Gasteiger partial charge in [-0.25, -0.2) is 0 Å². The zero-order valence-electron chi connectivity index (χ0n) is 17.7. The van der Waals surface area contributed by atoms with Crippen molar-refractivity contribution in [2.45, 2.75) is 0 Å². The van der Waals surface area contributed by atoms with Crippen LogP contribution < -0.4 is 26.8 Å². The second-order valence-electron chi connectivity index (χ2n) is 8.04. The summed E-state index contributed by atoms with van der Waals surface area (Å²) in [7, 11) is 0. The van der Waals surface area contributed by atoms with E-state index >= 15 is 0 Å². The summed E-state index contributed by atoms with van der Waals surface area (Å²) >= 11 is 0. The Morgan fingerprint density at radius 3 is 1.59 bits per heavy atom. The first kappa shape index (κ1) is 22.1. The Hall–Kier alpha value is -3.07. The van der Waals surface area contributed by atoms with Crippen LogP contribution in [0.4, 0.5) is 0 Å². The molecule has 0 bridgehead atoms. The summed E-state index contributed by atoms with van der Waals surface area (Å²) in [5.41, 5.74) is -0.167. The fourth-order valence-electron chi connectivity index (χ4n) is 4.73. The van der Waals surface area contributed by atoms with Gasteiger partial charge in [0.1, 0.15) is 0 Å². The average Bonchev–Trinajstić information content (AvgIpc) is 2.85. The Balaban J connectivity index is 0.00000245. The van der Waals surface area contributed by atoms with Crippen molar-refractivity contribution >= 4 is 55.6 Å². The molecular weight excluding hydrogens is 479 g/mol. The molecule has 4 aromatic carbocycles. The fraction of sp³-hybridized carbons (Fsp3) is 0.0370. The second kappa shape index (κ2) is 8.46. The standard InChI is InChI=1S/C27H23N2OP.BrH/c1-31(22-11-5-2-6-12-22,23-13-7-3-8-14-23,24-15-9-4-10-16-24)25-17-18-26-21(19-25)20-28-29-27(26)30;/h2-20H,1H3,(H,29,30);1H. The van der Waals surface area contributed by atoms with Crippen LogP contribution in [0.3, 0.4) is 0 Å². The predicted octanol–water partition coefficient (Wildman–Crippen LogP) is 4.29. The first-order valence-electron chi connectivity index (χ1n) is 10.3. The summed E-state index contributed by atoms with van der Waals surface area (Å²) in [6.45, 7) is -0.688. The number of nitrogens with one attached hydrogen (secondary N) is 1. The monoisotopic (exact) mass is 502 g/mol. The summed E-state index contributed by atoms with van der Waals surface area (Å²) < 4.78 is 0. The summed E-state index contributed by atoms with van der Waals surface area (Å²) in [5.74, 6) is 0. The molecule has 0 aliphatic carbocycles. The van der Waals surface area contributed by atoms with Crippen molar-refractivity contribution in [3.63, 3.8) is 0 Å². The number of nitrogens with zero attached hydrogens (tertiary/aromatic N) is 1. The van der Waals surface area contributed by atoms with Crippen molar-refractivity contribution in [2.24, 2.45) is 0 Å². The Labute approximate surface area is 197 Å². The molecule has 160 valence electrons. The van der Waals surface area contributed by atoms with Gasteiger partial charge in [-0.3, -0.25) is 0 Å². The topological polar surface area (TPSA) is 45.8 Å². The number of hydrogen-bond donors (Lipinski definition) is 1. The molecule has 5 aromatic rings. The third kappa shape index (κ3) is 3.14. The van der Waals surface area contributed by atoms with Crippen molar-refractivity contribution in [1.29, 1.82) is 0 Å². The molecule has 0 amide bonds. The molecule has 0 saturated carbocycles. The molecule has 5 rings (SSSR count). The van der Waals surface area contributed by atoms with Gasteiger partial charge in [-0.1, -0.05) is 0 Å². The molecule has 1 heterocycles. The molecule has 0 unspecified atom stereocenters. The Bertz CT molecular complexity index is 1320. The zero-order valence-corrected chi connectivity index (χ0v) is 20.3. The maximum absolute atomic E-state index is 12.3. The van der Waals surface area contributed by atoms with Gasteiger partial charge in [0.25, 0.3) is 0 Å². The van der Waals surface area contributed by atoms with E-state index in [0.29, 0.717) is 5.39 Å². The van der Waals surface area contributed by atoms with Crippen LogP contribution in [0.1, 0.15) is 0 Å². The number of rotatable bonds is 4. The molecule has 0 aliphatic rings. The van der Waals surface area contributed by atoms with E-state index < -0.39 is 6.60 Å². The summed E-state index contributed by atoms with van der Waals surface area (Å²) in [6.07, 6.45) is 1.74. The van der Waals surface area contributed by atoms with E-state index in [2.05, 4.69) is 120 Å². The van der Waals surface area contributed by atoms with E-state index in [9.17, 15) is 4.79 Å². The van der Waals surface area contributed by atoms with E-state index in [1.807, 2.05) is 6.07 Å². The molecule has 1 aromatic heterocycles. The number of hydrogen-bond acceptors (Lipinski definition) is 2. The third-order valence-electron chi connectivity index (χ3n) is 6.50. The van der Waals surface area contributed by atoms with E-state index in [1.165, 1.54) is 21.2 Å².